The van der Waals surface area contributed by atoms with Gasteiger partial charge in [-0.3, -0.25) is 0 Å². The summed E-state index contributed by atoms with van der Waals surface area (Å²) in [6.07, 6.45) is 0.846. The van der Waals surface area contributed by atoms with Gasteiger partial charge in [0.25, 0.3) is 0 Å². The number of hydrogen-bond acceptors (Lipinski definition) is 2. The molecule has 0 aromatic carbocycles. The Morgan fingerprint density at radius 1 is 1.62 bits per heavy atom. The van der Waals surface area contributed by atoms with E-state index in [4.69, 9.17) is 5.11 Å². The average Bonchev–Trinajstić information content (AvgIpc) is 2.14. The molecule has 1 unspecified atom stereocenters. The van der Waals surface area contributed by atoms with Gasteiger partial charge in [0.15, 0.2) is 0 Å². The number of aromatic carboxylic acids is 1. The van der Waals surface area contributed by atoms with Crippen LogP contribution in [0.3, 0.4) is 0 Å². The quantitative estimate of drug-likeness (QED) is 0.845. The molecule has 1 atom stereocenters. The van der Waals surface area contributed by atoms with E-state index in [1.165, 1.54) is 0 Å². The van der Waals surface area contributed by atoms with Gasteiger partial charge in [0.2, 0.25) is 0 Å². The van der Waals surface area contributed by atoms with Gasteiger partial charge in [0.05, 0.1) is 0 Å². The van der Waals surface area contributed by atoms with Crippen LogP contribution >= 0.6 is 0 Å². The van der Waals surface area contributed by atoms with Crippen LogP contribution in [0.4, 0.5) is 13.2 Å². The van der Waals surface area contributed by atoms with Crippen molar-refractivity contribution in [2.45, 2.75) is 18.1 Å². The van der Waals surface area contributed by atoms with E-state index in [0.29, 0.717) is 0 Å². The molecule has 16 heavy (non-hydrogen) atoms. The molecule has 7 heteroatoms. The van der Waals surface area contributed by atoms with E-state index in [1.54, 1.807) is 0 Å². The first-order chi connectivity index (χ1) is 7.29. The Balaban J connectivity index is 2.91. The van der Waals surface area contributed by atoms with Crippen LogP contribution in [-0.2, 0) is 0 Å². The molecule has 0 radical (unpaired) electrons. The topological polar surface area (TPSA) is 50.2 Å². The summed E-state index contributed by atoms with van der Waals surface area (Å²) in [7, 11) is 0. The maximum atomic E-state index is 12.7. The van der Waals surface area contributed by atoms with Crippen molar-refractivity contribution in [1.82, 2.24) is 4.98 Å². The van der Waals surface area contributed by atoms with Gasteiger partial charge in [-0.2, -0.15) is 0 Å². The number of carboxylic acid groups (broad SMARTS) is 1. The average molecular weight is 295 g/mol. The third-order valence-electron chi connectivity index (χ3n) is 1.65. The zero-order chi connectivity index (χ0) is 12.3. The third kappa shape index (κ3) is 3.85. The fraction of sp³-hybridized carbons (Fsp3) is 0.333. The Hall–Kier alpha value is -1.03. The second kappa shape index (κ2) is 4.87. The van der Waals surface area contributed by atoms with Crippen LogP contribution in [0.5, 0.6) is 0 Å². The van der Waals surface area contributed by atoms with Crippen molar-refractivity contribution in [3.05, 3.63) is 23.6 Å². The summed E-state index contributed by atoms with van der Waals surface area (Å²) >= 11 is -1.38. The van der Waals surface area contributed by atoms with Gasteiger partial charge < -0.3 is 0 Å². The Bertz CT molecular complexity index is 406. The second-order valence-corrected chi connectivity index (χ2v) is 5.76. The number of halogens is 3. The van der Waals surface area contributed by atoms with Gasteiger partial charge in [-0.15, -0.1) is 0 Å². The first-order valence-corrected chi connectivity index (χ1v) is 6.83. The normalized spacial score (nSPS) is 12.2. The predicted molar refractivity (Wildman–Crippen MR) is 53.4 cm³/mol. The van der Waals surface area contributed by atoms with Crippen LogP contribution < -0.4 is 4.48 Å². The Labute approximate surface area is 96.4 Å². The molecule has 88 valence electrons. The van der Waals surface area contributed by atoms with E-state index in [1.807, 2.05) is 0 Å². The minimum atomic E-state index is -2.84. The summed E-state index contributed by atoms with van der Waals surface area (Å²) in [5.74, 6) is -4.97. The minimum absolute atomic E-state index is 0.0930. The van der Waals surface area contributed by atoms with Crippen molar-refractivity contribution < 1.29 is 23.1 Å². The van der Waals surface area contributed by atoms with E-state index in [-0.39, 0.29) is 10.0 Å². The fourth-order valence-electron chi connectivity index (χ4n) is 0.982. The molecule has 0 saturated carbocycles. The number of hydrogen-bond donors (Lipinski definition) is 1. The summed E-state index contributed by atoms with van der Waals surface area (Å²) in [4.78, 5) is 14.3. The predicted octanol–water partition coefficient (Wildman–Crippen LogP) is 1.05. The summed E-state index contributed by atoms with van der Waals surface area (Å²) in [5.41, 5.74) is -0.316. The fourth-order valence-corrected chi connectivity index (χ4v) is 3.09. The number of carbonyl (C=O) groups is 1. The van der Waals surface area contributed by atoms with Crippen molar-refractivity contribution in [3.63, 3.8) is 0 Å². The Morgan fingerprint density at radius 2 is 2.25 bits per heavy atom. The van der Waals surface area contributed by atoms with Gasteiger partial charge >= 0.3 is 96.0 Å². The van der Waals surface area contributed by atoms with Crippen molar-refractivity contribution in [1.29, 1.82) is 0 Å². The molecular formula is C9H9AsF3NO2. The number of alkyl halides is 2. The summed E-state index contributed by atoms with van der Waals surface area (Å²) in [5, 5.41) is 8.35. The molecule has 1 aromatic heterocycles. The Kier molecular flexibility index (Phi) is 3.97. The number of carboxylic acids is 1. The molecule has 0 spiro atoms. The van der Waals surface area contributed by atoms with Crippen LogP contribution in [0.1, 0.15) is 17.3 Å². The summed E-state index contributed by atoms with van der Waals surface area (Å²) in [6.45, 7) is 0.764. The number of aromatic nitrogens is 1. The molecule has 0 bridgehead atoms. The van der Waals surface area contributed by atoms with Crippen molar-refractivity contribution >= 4 is 26.2 Å². The molecule has 0 aliphatic carbocycles. The van der Waals surface area contributed by atoms with Crippen LogP contribution in [-0.4, -0.2) is 37.7 Å². The monoisotopic (exact) mass is 295 g/mol. The van der Waals surface area contributed by atoms with Crippen LogP contribution in [0.25, 0.3) is 0 Å². The van der Waals surface area contributed by atoms with E-state index >= 15 is 0 Å². The van der Waals surface area contributed by atoms with Gasteiger partial charge in [0, 0.05) is 0 Å². The molecule has 0 saturated heterocycles. The number of rotatable bonds is 4. The van der Waals surface area contributed by atoms with E-state index in [0.717, 1.165) is 19.2 Å². The van der Waals surface area contributed by atoms with E-state index < -0.39 is 38.7 Å². The molecule has 0 aliphatic rings. The van der Waals surface area contributed by atoms with Crippen LogP contribution in [0.2, 0.25) is 5.21 Å². The zero-order valence-corrected chi connectivity index (χ0v) is 10.4. The van der Waals surface area contributed by atoms with Gasteiger partial charge in [-0.1, -0.05) is 0 Å². The SMILES string of the molecule is CC(F)(F)C[AsH]c1ncc(F)cc1C(=O)O. The van der Waals surface area contributed by atoms with Crippen molar-refractivity contribution in [2.24, 2.45) is 0 Å². The maximum absolute atomic E-state index is 12.7. The standard InChI is InChI=1S/C9H9AsF3NO2/c1-9(12,13)4-10-7-6(8(15)16)2-5(11)3-14-7/h2-3,10H,4H2,1H3,(H,15,16). The van der Waals surface area contributed by atoms with Crippen molar-refractivity contribution in [3.8, 4) is 0 Å². The molecule has 0 fully saturated rings. The Morgan fingerprint density at radius 3 is 2.75 bits per heavy atom. The molecule has 3 nitrogen and oxygen atoms in total. The van der Waals surface area contributed by atoms with E-state index in [2.05, 4.69) is 4.98 Å². The second-order valence-electron chi connectivity index (χ2n) is 3.28. The van der Waals surface area contributed by atoms with Crippen LogP contribution in [0, 0.1) is 5.82 Å². The number of pyridine rings is 1. The summed E-state index contributed by atoms with van der Waals surface area (Å²) < 4.78 is 38.0. The first-order valence-electron chi connectivity index (χ1n) is 4.30. The van der Waals surface area contributed by atoms with Crippen molar-refractivity contribution in [2.75, 3.05) is 0 Å². The van der Waals surface area contributed by atoms with E-state index in [9.17, 15) is 18.0 Å². The third-order valence-corrected chi connectivity index (χ3v) is 4.86. The zero-order valence-electron chi connectivity index (χ0n) is 8.30. The van der Waals surface area contributed by atoms with Gasteiger partial charge in [-0.05, 0) is 0 Å². The molecule has 0 amide bonds. The molecular weight excluding hydrogens is 286 g/mol. The molecule has 1 N–H and O–H groups in total. The molecule has 1 heterocycles. The first kappa shape index (κ1) is 13.0. The number of nitrogens with zero attached hydrogens (tertiary/aromatic N) is 1. The molecule has 1 aromatic rings. The van der Waals surface area contributed by atoms with Crippen LogP contribution in [0.15, 0.2) is 12.3 Å². The summed E-state index contributed by atoms with van der Waals surface area (Å²) in [6, 6.07) is 0.808. The molecule has 0 aliphatic heterocycles. The molecule has 1 rings (SSSR count). The van der Waals surface area contributed by atoms with Gasteiger partial charge in [-0.25, -0.2) is 0 Å². The van der Waals surface area contributed by atoms with Gasteiger partial charge in [0.1, 0.15) is 0 Å².